The molecule has 0 unspecified atom stereocenters. The van der Waals surface area contributed by atoms with Crippen molar-refractivity contribution in [3.63, 3.8) is 0 Å². The van der Waals surface area contributed by atoms with E-state index in [1.165, 1.54) is 0 Å². The van der Waals surface area contributed by atoms with Crippen LogP contribution in [0.4, 0.5) is 4.79 Å². The Kier molecular flexibility index (Phi) is 5.60. The number of likely N-dealkylation sites (tertiary alicyclic amines) is 1. The number of carbonyl (C=O) groups excluding carboxylic acids is 1. The quantitative estimate of drug-likeness (QED) is 0.780. The van der Waals surface area contributed by atoms with Crippen LogP contribution in [0.2, 0.25) is 0 Å². The summed E-state index contributed by atoms with van der Waals surface area (Å²) in [7, 11) is 0. The van der Waals surface area contributed by atoms with E-state index in [2.05, 4.69) is 19.2 Å². The smallest absolute Gasteiger partial charge is 0.317 e. The van der Waals surface area contributed by atoms with E-state index in [0.29, 0.717) is 12.5 Å². The fourth-order valence-electron chi connectivity index (χ4n) is 1.78. The molecular formula is C12H24N2O2. The number of carbonyl (C=O) groups is 1. The minimum absolute atomic E-state index is 0.0393. The molecule has 0 aromatic rings. The average molecular weight is 228 g/mol. The molecule has 0 radical (unpaired) electrons. The monoisotopic (exact) mass is 228 g/mol. The molecule has 1 fully saturated rings. The number of ether oxygens (including phenoxy) is 1. The van der Waals surface area contributed by atoms with Crippen LogP contribution in [-0.4, -0.2) is 43.3 Å². The molecule has 1 heterocycles. The molecule has 0 aliphatic carbocycles. The molecule has 4 nitrogen and oxygen atoms in total. The number of rotatable bonds is 5. The first-order valence-electron chi connectivity index (χ1n) is 6.27. The minimum Gasteiger partial charge on any atom is -0.376 e. The highest BCUT2D eigenvalue weighted by molar-refractivity contribution is 5.74. The number of urea groups is 1. The lowest BCUT2D eigenvalue weighted by Gasteiger charge is -2.17. The standard InChI is InChI=1S/C12H24N2O2/c1-4-13-12(15)14-7-5-11(9-14)16-8-6-10(2)3/h10-11H,4-9H2,1-3H3,(H,13,15)/t11-/m0/s1. The molecule has 0 spiro atoms. The first-order valence-corrected chi connectivity index (χ1v) is 6.27. The number of amides is 2. The summed E-state index contributed by atoms with van der Waals surface area (Å²) >= 11 is 0. The van der Waals surface area contributed by atoms with Crippen LogP contribution in [0.5, 0.6) is 0 Å². The Morgan fingerprint density at radius 2 is 2.31 bits per heavy atom. The Balaban J connectivity index is 2.17. The van der Waals surface area contributed by atoms with E-state index < -0.39 is 0 Å². The lowest BCUT2D eigenvalue weighted by atomic mass is 10.1. The van der Waals surface area contributed by atoms with E-state index >= 15 is 0 Å². The molecular weight excluding hydrogens is 204 g/mol. The summed E-state index contributed by atoms with van der Waals surface area (Å²) in [6.45, 7) is 9.38. The van der Waals surface area contributed by atoms with Gasteiger partial charge in [0, 0.05) is 26.2 Å². The number of hydrogen-bond donors (Lipinski definition) is 1. The topological polar surface area (TPSA) is 41.6 Å². The van der Waals surface area contributed by atoms with Gasteiger partial charge in [-0.1, -0.05) is 13.8 Å². The van der Waals surface area contributed by atoms with Crippen molar-refractivity contribution in [3.8, 4) is 0 Å². The maximum absolute atomic E-state index is 11.5. The van der Waals surface area contributed by atoms with Crippen molar-refractivity contribution < 1.29 is 9.53 Å². The second kappa shape index (κ2) is 6.74. The van der Waals surface area contributed by atoms with Gasteiger partial charge in [-0.3, -0.25) is 0 Å². The van der Waals surface area contributed by atoms with Gasteiger partial charge in [0.15, 0.2) is 0 Å². The first-order chi connectivity index (χ1) is 7.63. The Morgan fingerprint density at radius 1 is 1.56 bits per heavy atom. The highest BCUT2D eigenvalue weighted by atomic mass is 16.5. The van der Waals surface area contributed by atoms with Crippen LogP contribution >= 0.6 is 0 Å². The Labute approximate surface area is 98.3 Å². The molecule has 1 rings (SSSR count). The van der Waals surface area contributed by atoms with E-state index in [9.17, 15) is 4.79 Å². The lowest BCUT2D eigenvalue weighted by molar-refractivity contribution is 0.0543. The molecule has 0 saturated carbocycles. The van der Waals surface area contributed by atoms with Gasteiger partial charge in [-0.2, -0.15) is 0 Å². The molecule has 1 aliphatic heterocycles. The van der Waals surface area contributed by atoms with Gasteiger partial charge in [-0.15, -0.1) is 0 Å². The van der Waals surface area contributed by atoms with Crippen LogP contribution in [0.15, 0.2) is 0 Å². The zero-order valence-corrected chi connectivity index (χ0v) is 10.7. The second-order valence-electron chi connectivity index (χ2n) is 4.75. The average Bonchev–Trinajstić information content (AvgIpc) is 2.66. The molecule has 1 saturated heterocycles. The largest absolute Gasteiger partial charge is 0.376 e. The normalized spacial score (nSPS) is 20.5. The molecule has 2 amide bonds. The van der Waals surface area contributed by atoms with Gasteiger partial charge >= 0.3 is 6.03 Å². The number of nitrogens with one attached hydrogen (secondary N) is 1. The lowest BCUT2D eigenvalue weighted by Crippen LogP contribution is -2.38. The van der Waals surface area contributed by atoms with Gasteiger partial charge in [-0.25, -0.2) is 4.79 Å². The van der Waals surface area contributed by atoms with Crippen LogP contribution in [-0.2, 0) is 4.74 Å². The van der Waals surface area contributed by atoms with Crippen molar-refractivity contribution in [2.45, 2.75) is 39.7 Å². The fraction of sp³-hybridized carbons (Fsp3) is 0.917. The van der Waals surface area contributed by atoms with Crippen molar-refractivity contribution in [1.82, 2.24) is 10.2 Å². The zero-order chi connectivity index (χ0) is 12.0. The van der Waals surface area contributed by atoms with E-state index in [1.807, 2.05) is 11.8 Å². The van der Waals surface area contributed by atoms with Gasteiger partial charge in [0.1, 0.15) is 0 Å². The first kappa shape index (κ1) is 13.3. The molecule has 1 aliphatic rings. The third-order valence-corrected chi connectivity index (χ3v) is 2.81. The predicted molar refractivity (Wildman–Crippen MR) is 64.5 cm³/mol. The van der Waals surface area contributed by atoms with Crippen LogP contribution in [0.1, 0.15) is 33.6 Å². The summed E-state index contributed by atoms with van der Waals surface area (Å²) in [6.07, 6.45) is 2.30. The minimum atomic E-state index is 0.0393. The molecule has 94 valence electrons. The van der Waals surface area contributed by atoms with Crippen LogP contribution in [0, 0.1) is 5.92 Å². The summed E-state index contributed by atoms with van der Waals surface area (Å²) in [6, 6.07) is 0.0393. The van der Waals surface area contributed by atoms with E-state index in [4.69, 9.17) is 4.74 Å². The molecule has 0 bridgehead atoms. The Bertz CT molecular complexity index is 219. The predicted octanol–water partition coefficient (Wildman–Crippen LogP) is 1.85. The van der Waals surface area contributed by atoms with Gasteiger partial charge in [0.2, 0.25) is 0 Å². The van der Waals surface area contributed by atoms with Gasteiger partial charge in [-0.05, 0) is 25.7 Å². The maximum Gasteiger partial charge on any atom is 0.317 e. The second-order valence-corrected chi connectivity index (χ2v) is 4.75. The highest BCUT2D eigenvalue weighted by Crippen LogP contribution is 2.13. The Hall–Kier alpha value is -0.770. The van der Waals surface area contributed by atoms with Crippen molar-refractivity contribution in [1.29, 1.82) is 0 Å². The SMILES string of the molecule is CCNC(=O)N1CC[C@H](OCCC(C)C)C1. The fourth-order valence-corrected chi connectivity index (χ4v) is 1.78. The van der Waals surface area contributed by atoms with Crippen LogP contribution < -0.4 is 5.32 Å². The summed E-state index contributed by atoms with van der Waals surface area (Å²) in [5.41, 5.74) is 0. The van der Waals surface area contributed by atoms with Crippen molar-refractivity contribution >= 4 is 6.03 Å². The molecule has 0 aromatic heterocycles. The van der Waals surface area contributed by atoms with Crippen LogP contribution in [0.25, 0.3) is 0 Å². The van der Waals surface area contributed by atoms with E-state index in [-0.39, 0.29) is 12.1 Å². The molecule has 16 heavy (non-hydrogen) atoms. The Morgan fingerprint density at radius 3 is 2.94 bits per heavy atom. The molecule has 1 N–H and O–H groups in total. The summed E-state index contributed by atoms with van der Waals surface area (Å²) in [5, 5.41) is 2.81. The van der Waals surface area contributed by atoms with Gasteiger partial charge in [0.05, 0.1) is 6.10 Å². The summed E-state index contributed by atoms with van der Waals surface area (Å²) in [5.74, 6) is 0.681. The van der Waals surface area contributed by atoms with Crippen LogP contribution in [0.3, 0.4) is 0 Å². The van der Waals surface area contributed by atoms with Gasteiger partial charge < -0.3 is 15.0 Å². The maximum atomic E-state index is 11.5. The van der Waals surface area contributed by atoms with Crippen molar-refractivity contribution in [3.05, 3.63) is 0 Å². The van der Waals surface area contributed by atoms with E-state index in [1.54, 1.807) is 0 Å². The van der Waals surface area contributed by atoms with Crippen molar-refractivity contribution in [2.24, 2.45) is 5.92 Å². The number of nitrogens with zero attached hydrogens (tertiary/aromatic N) is 1. The molecule has 0 aromatic carbocycles. The summed E-state index contributed by atoms with van der Waals surface area (Å²) in [4.78, 5) is 13.4. The summed E-state index contributed by atoms with van der Waals surface area (Å²) < 4.78 is 5.75. The number of hydrogen-bond acceptors (Lipinski definition) is 2. The van der Waals surface area contributed by atoms with E-state index in [0.717, 1.165) is 32.5 Å². The van der Waals surface area contributed by atoms with Gasteiger partial charge in [0.25, 0.3) is 0 Å². The third-order valence-electron chi connectivity index (χ3n) is 2.81. The zero-order valence-electron chi connectivity index (χ0n) is 10.7. The van der Waals surface area contributed by atoms with Crippen molar-refractivity contribution in [2.75, 3.05) is 26.2 Å². The molecule has 1 atom stereocenters. The molecule has 4 heteroatoms. The third kappa shape index (κ3) is 4.39. The highest BCUT2D eigenvalue weighted by Gasteiger charge is 2.26.